The average molecular weight is 345 g/mol. The van der Waals surface area contributed by atoms with Crippen molar-refractivity contribution >= 4 is 23.0 Å². The molecule has 1 aliphatic heterocycles. The third-order valence-corrected chi connectivity index (χ3v) is 4.53. The Hall–Kier alpha value is -2.64. The van der Waals surface area contributed by atoms with E-state index in [1.807, 2.05) is 11.8 Å². The zero-order chi connectivity index (χ0) is 18.1. The molecule has 0 spiro atoms. The van der Waals surface area contributed by atoms with Crippen molar-refractivity contribution in [1.82, 2.24) is 25.3 Å². The van der Waals surface area contributed by atoms with Gasteiger partial charge in [-0.2, -0.15) is 0 Å². The van der Waals surface area contributed by atoms with Crippen LogP contribution in [-0.2, 0) is 0 Å². The van der Waals surface area contributed by atoms with E-state index in [-0.39, 0.29) is 17.9 Å². The van der Waals surface area contributed by atoms with Gasteiger partial charge in [-0.15, -0.1) is 0 Å². The van der Waals surface area contributed by atoms with Crippen molar-refractivity contribution in [2.45, 2.75) is 25.7 Å². The maximum Gasteiger partial charge on any atom is 0.319 e. The largest absolute Gasteiger partial charge is 0.355 e. The van der Waals surface area contributed by atoms with Crippen LogP contribution >= 0.6 is 0 Å². The summed E-state index contributed by atoms with van der Waals surface area (Å²) in [6.45, 7) is 3.09. The van der Waals surface area contributed by atoms with Crippen molar-refractivity contribution < 1.29 is 14.1 Å². The molecule has 1 N–H and O–H groups in total. The van der Waals surface area contributed by atoms with Gasteiger partial charge < -0.3 is 19.6 Å². The number of hydrogen-bond donors (Lipinski definition) is 1. The van der Waals surface area contributed by atoms with Gasteiger partial charge in [0.2, 0.25) is 0 Å². The number of aromatic nitrogens is 2. The topological polar surface area (TPSA) is 91.6 Å². The highest BCUT2D eigenvalue weighted by atomic mass is 16.5. The predicted octanol–water partition coefficient (Wildman–Crippen LogP) is 1.75. The van der Waals surface area contributed by atoms with E-state index in [1.54, 1.807) is 32.1 Å². The summed E-state index contributed by atoms with van der Waals surface area (Å²) in [4.78, 5) is 32.3. The Balaban J connectivity index is 2.01. The lowest BCUT2D eigenvalue weighted by Gasteiger charge is -2.33. The van der Waals surface area contributed by atoms with Gasteiger partial charge in [0.1, 0.15) is 0 Å². The fraction of sp³-hybridized carbons (Fsp3) is 0.529. The number of nitrogens with zero attached hydrogens (tertiary/aromatic N) is 4. The summed E-state index contributed by atoms with van der Waals surface area (Å²) in [6.07, 6.45) is 1.77. The summed E-state index contributed by atoms with van der Waals surface area (Å²) < 4.78 is 5.41. The van der Waals surface area contributed by atoms with Crippen LogP contribution in [0.4, 0.5) is 4.79 Å². The third kappa shape index (κ3) is 3.16. The predicted molar refractivity (Wildman–Crippen MR) is 92.6 cm³/mol. The van der Waals surface area contributed by atoms with Crippen LogP contribution in [0.1, 0.15) is 40.5 Å². The number of aryl methyl sites for hydroxylation is 1. The molecule has 8 heteroatoms. The standard InChI is InChI=1S/C17H23N5O3/c1-10-8-12(15(23)18-2)13-14(20-25-16(13)19-10)11-6-5-7-22(9-11)17(24)21(3)4/h8,11H,5-7,9H2,1-4H3,(H,18,23). The lowest BCUT2D eigenvalue weighted by atomic mass is 9.92. The molecule has 0 aromatic carbocycles. The first-order valence-electron chi connectivity index (χ1n) is 8.37. The van der Waals surface area contributed by atoms with E-state index in [0.717, 1.165) is 19.4 Å². The van der Waals surface area contributed by atoms with E-state index < -0.39 is 0 Å². The quantitative estimate of drug-likeness (QED) is 0.895. The first-order chi connectivity index (χ1) is 11.9. The molecule has 0 aliphatic carbocycles. The fourth-order valence-electron chi connectivity index (χ4n) is 3.35. The van der Waals surface area contributed by atoms with Crippen molar-refractivity contribution in [2.24, 2.45) is 0 Å². The van der Waals surface area contributed by atoms with Gasteiger partial charge in [0, 0.05) is 45.8 Å². The Labute approximate surface area is 146 Å². The SMILES string of the molecule is CNC(=O)c1cc(C)nc2onc(C3CCCN(C(=O)N(C)C)C3)c12. The molecule has 1 unspecified atom stereocenters. The molecule has 2 aromatic rings. The number of hydrogen-bond acceptors (Lipinski definition) is 5. The number of likely N-dealkylation sites (tertiary alicyclic amines) is 1. The number of piperidine rings is 1. The lowest BCUT2D eigenvalue weighted by Crippen LogP contribution is -2.44. The monoisotopic (exact) mass is 345 g/mol. The van der Waals surface area contributed by atoms with Crippen LogP contribution in [0.15, 0.2) is 10.6 Å². The molecule has 1 saturated heterocycles. The molecule has 1 atom stereocenters. The zero-order valence-electron chi connectivity index (χ0n) is 15.0. The third-order valence-electron chi connectivity index (χ3n) is 4.53. The second-order valence-corrected chi connectivity index (χ2v) is 6.60. The Bertz CT molecular complexity index is 814. The Morgan fingerprint density at radius 2 is 2.16 bits per heavy atom. The molecular formula is C17H23N5O3. The number of carbonyl (C=O) groups is 2. The van der Waals surface area contributed by atoms with Gasteiger partial charge in [-0.3, -0.25) is 4.79 Å². The average Bonchev–Trinajstić information content (AvgIpc) is 3.03. The molecule has 3 heterocycles. The normalized spacial score (nSPS) is 17.6. The van der Waals surface area contributed by atoms with E-state index >= 15 is 0 Å². The van der Waals surface area contributed by atoms with Gasteiger partial charge in [-0.25, -0.2) is 9.78 Å². The van der Waals surface area contributed by atoms with Crippen LogP contribution in [0.3, 0.4) is 0 Å². The summed E-state index contributed by atoms with van der Waals surface area (Å²) >= 11 is 0. The van der Waals surface area contributed by atoms with Crippen LogP contribution in [0.2, 0.25) is 0 Å². The van der Waals surface area contributed by atoms with Crippen LogP contribution < -0.4 is 5.32 Å². The number of carbonyl (C=O) groups excluding carboxylic acids is 2. The lowest BCUT2D eigenvalue weighted by molar-refractivity contribution is 0.0964. The van der Waals surface area contributed by atoms with Crippen LogP contribution in [0.5, 0.6) is 0 Å². The molecular weight excluding hydrogens is 322 g/mol. The maximum absolute atomic E-state index is 12.3. The van der Waals surface area contributed by atoms with Gasteiger partial charge in [0.05, 0.1) is 16.6 Å². The highest BCUT2D eigenvalue weighted by molar-refractivity contribution is 6.06. The van der Waals surface area contributed by atoms with Gasteiger partial charge in [-0.1, -0.05) is 5.16 Å². The van der Waals surface area contributed by atoms with E-state index in [1.165, 1.54) is 0 Å². The maximum atomic E-state index is 12.3. The molecule has 8 nitrogen and oxygen atoms in total. The number of rotatable bonds is 2. The van der Waals surface area contributed by atoms with Crippen molar-refractivity contribution in [1.29, 1.82) is 0 Å². The Kier molecular flexibility index (Phi) is 4.61. The van der Waals surface area contributed by atoms with Crippen molar-refractivity contribution in [2.75, 3.05) is 34.2 Å². The van der Waals surface area contributed by atoms with Crippen LogP contribution in [0, 0.1) is 6.92 Å². The minimum atomic E-state index is -0.197. The van der Waals surface area contributed by atoms with Gasteiger partial charge in [0.15, 0.2) is 0 Å². The minimum Gasteiger partial charge on any atom is -0.355 e. The van der Waals surface area contributed by atoms with Crippen LogP contribution in [0.25, 0.3) is 11.1 Å². The molecule has 134 valence electrons. The fourth-order valence-corrected chi connectivity index (χ4v) is 3.35. The number of urea groups is 1. The van der Waals surface area contributed by atoms with E-state index in [4.69, 9.17) is 4.52 Å². The minimum absolute atomic E-state index is 0.0157. The van der Waals surface area contributed by atoms with Crippen LogP contribution in [-0.4, -0.2) is 66.1 Å². The summed E-state index contributed by atoms with van der Waals surface area (Å²) in [6, 6.07) is 1.73. The molecule has 0 radical (unpaired) electrons. The van der Waals surface area contributed by atoms with E-state index in [2.05, 4.69) is 15.5 Å². The Morgan fingerprint density at radius 1 is 1.40 bits per heavy atom. The van der Waals surface area contributed by atoms with E-state index in [9.17, 15) is 9.59 Å². The number of fused-ring (bicyclic) bond motifs is 1. The summed E-state index contributed by atoms with van der Waals surface area (Å²) in [5.41, 5.74) is 2.28. The molecule has 3 amide bonds. The van der Waals surface area contributed by atoms with Crippen molar-refractivity contribution in [3.8, 4) is 0 Å². The summed E-state index contributed by atoms with van der Waals surface area (Å²) in [5, 5.41) is 7.51. The van der Waals surface area contributed by atoms with Crippen molar-refractivity contribution in [3.05, 3.63) is 23.0 Å². The second kappa shape index (κ2) is 6.70. The summed E-state index contributed by atoms with van der Waals surface area (Å²) in [5.74, 6) is -0.177. The van der Waals surface area contributed by atoms with E-state index in [0.29, 0.717) is 34.6 Å². The molecule has 1 fully saturated rings. The molecule has 3 rings (SSSR count). The summed E-state index contributed by atoms with van der Waals surface area (Å²) in [7, 11) is 5.08. The molecule has 25 heavy (non-hydrogen) atoms. The smallest absolute Gasteiger partial charge is 0.319 e. The van der Waals surface area contributed by atoms with Gasteiger partial charge >= 0.3 is 6.03 Å². The molecule has 0 saturated carbocycles. The van der Waals surface area contributed by atoms with Gasteiger partial charge in [-0.05, 0) is 25.8 Å². The zero-order valence-corrected chi connectivity index (χ0v) is 15.0. The Morgan fingerprint density at radius 3 is 2.84 bits per heavy atom. The van der Waals surface area contributed by atoms with Crippen molar-refractivity contribution in [3.63, 3.8) is 0 Å². The molecule has 2 aromatic heterocycles. The molecule has 0 bridgehead atoms. The first kappa shape index (κ1) is 17.2. The highest BCUT2D eigenvalue weighted by Gasteiger charge is 2.31. The number of amides is 3. The second-order valence-electron chi connectivity index (χ2n) is 6.60. The highest BCUT2D eigenvalue weighted by Crippen LogP contribution is 2.33. The molecule has 1 aliphatic rings. The van der Waals surface area contributed by atoms with Gasteiger partial charge in [0.25, 0.3) is 11.6 Å². The number of nitrogens with one attached hydrogen (secondary N) is 1. The number of pyridine rings is 1. The first-order valence-corrected chi connectivity index (χ1v) is 8.37.